The van der Waals surface area contributed by atoms with E-state index in [2.05, 4.69) is 20.6 Å². The van der Waals surface area contributed by atoms with E-state index < -0.39 is 0 Å². The van der Waals surface area contributed by atoms with Gasteiger partial charge in [0.25, 0.3) is 11.5 Å². The Bertz CT molecular complexity index is 951. The summed E-state index contributed by atoms with van der Waals surface area (Å²) in [6.45, 7) is 2.28. The highest BCUT2D eigenvalue weighted by atomic mass is 16.2. The number of rotatable bonds is 3. The molecule has 3 heterocycles. The molecule has 3 aromatic rings. The Kier molecular flexibility index (Phi) is 4.09. The minimum Gasteiger partial charge on any atom is -0.338 e. The molecule has 0 radical (unpaired) electrons. The lowest BCUT2D eigenvalue weighted by Crippen LogP contribution is -2.41. The molecule has 0 unspecified atom stereocenters. The monoisotopic (exact) mass is 336 g/mol. The van der Waals surface area contributed by atoms with Gasteiger partial charge in [0.1, 0.15) is 5.56 Å². The molecule has 1 amide bonds. The number of fused-ring (bicyclic) bond motifs is 1. The van der Waals surface area contributed by atoms with Gasteiger partial charge in [-0.25, -0.2) is 4.98 Å². The number of pyridine rings is 1. The van der Waals surface area contributed by atoms with Crippen LogP contribution in [0.15, 0.2) is 53.7 Å². The summed E-state index contributed by atoms with van der Waals surface area (Å²) in [5.41, 5.74) is 2.07. The number of nitrogens with zero attached hydrogens (tertiary/aromatic N) is 3. The number of aromatic nitrogens is 3. The molecule has 2 aromatic heterocycles. The number of H-pyrrole nitrogens is 1. The van der Waals surface area contributed by atoms with E-state index in [0.29, 0.717) is 19.0 Å². The van der Waals surface area contributed by atoms with Gasteiger partial charge in [-0.1, -0.05) is 12.1 Å². The fourth-order valence-corrected chi connectivity index (χ4v) is 3.51. The number of carbonyl (C=O) groups excluding carboxylic acids is 1. The molecule has 0 saturated carbocycles. The average Bonchev–Trinajstić information content (AvgIpc) is 3.05. The third-order valence-corrected chi connectivity index (χ3v) is 4.93. The lowest BCUT2D eigenvalue weighted by molar-refractivity contribution is 0.0681. The van der Waals surface area contributed by atoms with E-state index >= 15 is 0 Å². The van der Waals surface area contributed by atoms with Crippen molar-refractivity contribution in [3.8, 4) is 0 Å². The van der Waals surface area contributed by atoms with E-state index in [1.807, 2.05) is 24.5 Å². The molecule has 4 rings (SSSR count). The number of likely N-dealkylation sites (tertiary alicyclic amines) is 1. The number of piperidine rings is 1. The average molecular weight is 336 g/mol. The highest BCUT2D eigenvalue weighted by molar-refractivity contribution is 5.93. The first-order valence-corrected chi connectivity index (χ1v) is 8.59. The summed E-state index contributed by atoms with van der Waals surface area (Å²) in [6.07, 6.45) is 5.30. The predicted octanol–water partition coefficient (Wildman–Crippen LogP) is 2.28. The lowest BCUT2D eigenvalue weighted by atomic mass is 9.96. The third kappa shape index (κ3) is 3.07. The Balaban J connectivity index is 1.41. The first-order chi connectivity index (χ1) is 12.2. The van der Waals surface area contributed by atoms with Gasteiger partial charge >= 0.3 is 0 Å². The van der Waals surface area contributed by atoms with Crippen LogP contribution in [0.5, 0.6) is 0 Å². The Labute approximate surface area is 145 Å². The maximum Gasteiger partial charge on any atom is 0.260 e. The summed E-state index contributed by atoms with van der Waals surface area (Å²) in [6, 6.07) is 11.4. The number of benzene rings is 1. The van der Waals surface area contributed by atoms with E-state index in [4.69, 9.17) is 0 Å². The van der Waals surface area contributed by atoms with Crippen molar-refractivity contribution >= 4 is 16.9 Å². The summed E-state index contributed by atoms with van der Waals surface area (Å²) in [4.78, 5) is 33.1. The number of hydrogen-bond acceptors (Lipinski definition) is 3. The Hall–Kier alpha value is -2.89. The first kappa shape index (κ1) is 15.6. The molecule has 0 spiro atoms. The quantitative estimate of drug-likeness (QED) is 0.797. The van der Waals surface area contributed by atoms with Crippen molar-refractivity contribution < 1.29 is 4.79 Å². The standard InChI is InChI=1S/C19H20N4O2/c24-18-15(4-3-9-20-18)19(25)22-10-7-14(8-11-22)12-23-13-21-16-5-1-2-6-17(16)23/h1-6,9,13-14H,7-8,10-12H2,(H,20,24). The van der Waals surface area contributed by atoms with Crippen molar-refractivity contribution in [2.45, 2.75) is 19.4 Å². The van der Waals surface area contributed by atoms with Gasteiger partial charge in [0, 0.05) is 25.8 Å². The number of imidazole rings is 1. The van der Waals surface area contributed by atoms with Crippen molar-refractivity contribution in [2.24, 2.45) is 5.92 Å². The van der Waals surface area contributed by atoms with Gasteiger partial charge in [-0.2, -0.15) is 0 Å². The summed E-state index contributed by atoms with van der Waals surface area (Å²) in [7, 11) is 0. The van der Waals surface area contributed by atoms with E-state index in [0.717, 1.165) is 30.4 Å². The minimum atomic E-state index is -0.320. The van der Waals surface area contributed by atoms with Gasteiger partial charge in [-0.05, 0) is 43.0 Å². The van der Waals surface area contributed by atoms with Crippen LogP contribution in [-0.2, 0) is 6.54 Å². The van der Waals surface area contributed by atoms with Crippen LogP contribution in [0.4, 0.5) is 0 Å². The second-order valence-corrected chi connectivity index (χ2v) is 6.53. The molecule has 1 aromatic carbocycles. The molecule has 1 fully saturated rings. The van der Waals surface area contributed by atoms with Crippen LogP contribution in [0.2, 0.25) is 0 Å². The van der Waals surface area contributed by atoms with Crippen molar-refractivity contribution in [3.05, 3.63) is 64.8 Å². The van der Waals surface area contributed by atoms with Crippen LogP contribution in [0, 0.1) is 5.92 Å². The molecule has 6 nitrogen and oxygen atoms in total. The van der Waals surface area contributed by atoms with Crippen LogP contribution < -0.4 is 5.56 Å². The van der Waals surface area contributed by atoms with E-state index in [-0.39, 0.29) is 17.0 Å². The van der Waals surface area contributed by atoms with Gasteiger partial charge in [0.2, 0.25) is 0 Å². The molecule has 1 saturated heterocycles. The van der Waals surface area contributed by atoms with Crippen LogP contribution in [0.3, 0.4) is 0 Å². The lowest BCUT2D eigenvalue weighted by Gasteiger charge is -2.32. The van der Waals surface area contributed by atoms with E-state index in [9.17, 15) is 9.59 Å². The molecule has 1 aliphatic rings. The van der Waals surface area contributed by atoms with Gasteiger partial charge in [0.15, 0.2) is 0 Å². The van der Waals surface area contributed by atoms with Gasteiger partial charge in [-0.15, -0.1) is 0 Å². The maximum atomic E-state index is 12.5. The summed E-state index contributed by atoms with van der Waals surface area (Å²) in [5, 5.41) is 0. The predicted molar refractivity (Wildman–Crippen MR) is 95.4 cm³/mol. The van der Waals surface area contributed by atoms with Gasteiger partial charge in [0.05, 0.1) is 17.4 Å². The summed E-state index contributed by atoms with van der Waals surface area (Å²) in [5.74, 6) is 0.337. The van der Waals surface area contributed by atoms with Crippen molar-refractivity contribution in [3.63, 3.8) is 0 Å². The second kappa shape index (κ2) is 6.55. The Morgan fingerprint density at radius 3 is 2.76 bits per heavy atom. The van der Waals surface area contributed by atoms with Crippen LogP contribution in [0.25, 0.3) is 11.0 Å². The third-order valence-electron chi connectivity index (χ3n) is 4.93. The molecular formula is C19H20N4O2. The smallest absolute Gasteiger partial charge is 0.260 e. The fraction of sp³-hybridized carbons (Fsp3) is 0.316. The van der Waals surface area contributed by atoms with Crippen molar-refractivity contribution in [1.82, 2.24) is 19.4 Å². The molecule has 25 heavy (non-hydrogen) atoms. The summed E-state index contributed by atoms with van der Waals surface area (Å²) < 4.78 is 2.19. The highest BCUT2D eigenvalue weighted by Crippen LogP contribution is 2.22. The number of amides is 1. The second-order valence-electron chi connectivity index (χ2n) is 6.53. The maximum absolute atomic E-state index is 12.5. The zero-order valence-corrected chi connectivity index (χ0v) is 13.9. The zero-order valence-electron chi connectivity index (χ0n) is 13.9. The molecule has 128 valence electrons. The molecule has 6 heteroatoms. The number of hydrogen-bond donors (Lipinski definition) is 1. The van der Waals surface area contributed by atoms with E-state index in [1.54, 1.807) is 23.2 Å². The molecule has 1 aliphatic heterocycles. The van der Waals surface area contributed by atoms with Gasteiger partial charge in [-0.3, -0.25) is 9.59 Å². The van der Waals surface area contributed by atoms with Crippen molar-refractivity contribution in [1.29, 1.82) is 0 Å². The molecule has 0 atom stereocenters. The van der Waals surface area contributed by atoms with E-state index in [1.165, 1.54) is 0 Å². The SMILES string of the molecule is O=C(c1ccc[nH]c1=O)N1CCC(Cn2cnc3ccccc32)CC1. The molecule has 0 bridgehead atoms. The number of carbonyl (C=O) groups is 1. The van der Waals surface area contributed by atoms with Crippen LogP contribution in [-0.4, -0.2) is 38.4 Å². The molecule has 1 N–H and O–H groups in total. The summed E-state index contributed by atoms with van der Waals surface area (Å²) >= 11 is 0. The van der Waals surface area contributed by atoms with Gasteiger partial charge < -0.3 is 14.5 Å². The fourth-order valence-electron chi connectivity index (χ4n) is 3.51. The van der Waals surface area contributed by atoms with Crippen molar-refractivity contribution in [2.75, 3.05) is 13.1 Å². The highest BCUT2D eigenvalue weighted by Gasteiger charge is 2.25. The molecule has 0 aliphatic carbocycles. The minimum absolute atomic E-state index is 0.173. The largest absolute Gasteiger partial charge is 0.338 e. The number of nitrogens with one attached hydrogen (secondary N) is 1. The first-order valence-electron chi connectivity index (χ1n) is 8.59. The van der Waals surface area contributed by atoms with Crippen LogP contribution >= 0.6 is 0 Å². The number of para-hydroxylation sites is 2. The Morgan fingerprint density at radius 2 is 1.96 bits per heavy atom. The normalized spacial score (nSPS) is 15.6. The van der Waals surface area contributed by atoms with Crippen LogP contribution in [0.1, 0.15) is 23.2 Å². The number of aromatic amines is 1. The topological polar surface area (TPSA) is 71.0 Å². The zero-order chi connectivity index (χ0) is 17.2. The molecular weight excluding hydrogens is 316 g/mol. The Morgan fingerprint density at radius 1 is 1.16 bits per heavy atom.